The molecule has 0 saturated carbocycles. The zero-order valence-corrected chi connectivity index (χ0v) is 12.0. The molecular formula is C14H16O4S. The first-order valence-corrected chi connectivity index (χ1v) is 7.59. The van der Waals surface area contributed by atoms with Crippen molar-refractivity contribution in [2.75, 3.05) is 5.75 Å². The van der Waals surface area contributed by atoms with Crippen molar-refractivity contribution >= 4 is 26.6 Å². The number of furan rings is 1. The Balaban J connectivity index is 2.36. The van der Waals surface area contributed by atoms with Crippen LogP contribution in [0.2, 0.25) is 0 Å². The van der Waals surface area contributed by atoms with Crippen LogP contribution in [0.1, 0.15) is 31.1 Å². The first-order chi connectivity index (χ1) is 8.72. The highest BCUT2D eigenvalue weighted by Gasteiger charge is 2.32. The number of rotatable bonds is 3. The van der Waals surface area contributed by atoms with E-state index in [4.69, 9.17) is 4.42 Å². The van der Waals surface area contributed by atoms with Crippen molar-refractivity contribution in [3.05, 3.63) is 36.1 Å². The Hall–Kier alpha value is -1.62. The fraction of sp³-hybridized carbons (Fsp3) is 0.357. The highest BCUT2D eigenvalue weighted by atomic mass is 32.2. The summed E-state index contributed by atoms with van der Waals surface area (Å²) in [6.07, 6.45) is 1.32. The van der Waals surface area contributed by atoms with Crippen LogP contribution >= 0.6 is 0 Å². The van der Waals surface area contributed by atoms with E-state index in [9.17, 15) is 13.2 Å². The second kappa shape index (κ2) is 4.49. The maximum absolute atomic E-state index is 12.1. The number of carbonyl (C=O) groups is 1. The molecule has 1 aromatic carbocycles. The van der Waals surface area contributed by atoms with Gasteiger partial charge in [-0.25, -0.2) is 8.42 Å². The third-order valence-corrected chi connectivity index (χ3v) is 5.54. The van der Waals surface area contributed by atoms with E-state index in [2.05, 4.69) is 0 Å². The molecule has 0 N–H and O–H groups in total. The van der Waals surface area contributed by atoms with Crippen LogP contribution in [-0.2, 0) is 9.84 Å². The third kappa shape index (κ3) is 2.56. The van der Waals surface area contributed by atoms with Crippen LogP contribution < -0.4 is 0 Å². The fourth-order valence-electron chi connectivity index (χ4n) is 1.66. The molecular weight excluding hydrogens is 264 g/mol. The summed E-state index contributed by atoms with van der Waals surface area (Å²) in [5.74, 6) is -0.931. The quantitative estimate of drug-likeness (QED) is 0.811. The molecule has 0 fully saturated rings. The van der Waals surface area contributed by atoms with Gasteiger partial charge in [-0.05, 0) is 26.8 Å². The van der Waals surface area contributed by atoms with E-state index in [0.29, 0.717) is 16.5 Å². The molecule has 19 heavy (non-hydrogen) atoms. The molecule has 1 heterocycles. The van der Waals surface area contributed by atoms with Crippen molar-refractivity contribution in [3.8, 4) is 0 Å². The SMILES string of the molecule is CC(C)(C)S(=O)(=O)CC(=O)c1coc2ccccc12. The average Bonchev–Trinajstić information content (AvgIpc) is 2.70. The maximum atomic E-state index is 12.1. The van der Waals surface area contributed by atoms with Gasteiger partial charge in [0.2, 0.25) is 0 Å². The van der Waals surface area contributed by atoms with Crippen LogP contribution in [0.3, 0.4) is 0 Å². The Morgan fingerprint density at radius 1 is 1.21 bits per heavy atom. The number of Topliss-reactive ketones (excluding diaryl/α,β-unsaturated/α-hetero) is 1. The van der Waals surface area contributed by atoms with Crippen molar-refractivity contribution in [2.24, 2.45) is 0 Å². The number of benzene rings is 1. The average molecular weight is 280 g/mol. The molecule has 0 atom stereocenters. The number of carbonyl (C=O) groups excluding carboxylic acids is 1. The van der Waals surface area contributed by atoms with Gasteiger partial charge in [-0.1, -0.05) is 18.2 Å². The van der Waals surface area contributed by atoms with E-state index in [-0.39, 0.29) is 0 Å². The van der Waals surface area contributed by atoms with E-state index in [1.165, 1.54) is 6.26 Å². The molecule has 0 aliphatic carbocycles. The second-order valence-corrected chi connectivity index (χ2v) is 8.18. The van der Waals surface area contributed by atoms with Gasteiger partial charge in [-0.15, -0.1) is 0 Å². The van der Waals surface area contributed by atoms with E-state index in [0.717, 1.165) is 0 Å². The summed E-state index contributed by atoms with van der Waals surface area (Å²) < 4.78 is 28.4. The summed E-state index contributed by atoms with van der Waals surface area (Å²) in [5.41, 5.74) is 0.905. The Bertz CT molecular complexity index is 717. The lowest BCUT2D eigenvalue weighted by Crippen LogP contribution is -2.33. The standard InChI is InChI=1S/C14H16O4S/c1-14(2,3)19(16,17)9-12(15)11-8-18-13-7-5-4-6-10(11)13/h4-8H,9H2,1-3H3. The molecule has 0 bridgehead atoms. The smallest absolute Gasteiger partial charge is 0.181 e. The lowest BCUT2D eigenvalue weighted by atomic mass is 10.1. The van der Waals surface area contributed by atoms with Gasteiger partial charge in [0.15, 0.2) is 15.6 Å². The predicted octanol–water partition coefficient (Wildman–Crippen LogP) is 2.83. The van der Waals surface area contributed by atoms with Crippen LogP contribution in [-0.4, -0.2) is 24.7 Å². The summed E-state index contributed by atoms with van der Waals surface area (Å²) >= 11 is 0. The summed E-state index contributed by atoms with van der Waals surface area (Å²) in [6.45, 7) is 4.76. The van der Waals surface area contributed by atoms with Crippen LogP contribution in [0.25, 0.3) is 11.0 Å². The molecule has 0 radical (unpaired) electrons. The summed E-state index contributed by atoms with van der Waals surface area (Å²) in [6, 6.07) is 7.07. The van der Waals surface area contributed by atoms with Gasteiger partial charge >= 0.3 is 0 Å². The van der Waals surface area contributed by atoms with Crippen molar-refractivity contribution < 1.29 is 17.6 Å². The Labute approximate surface area is 112 Å². The van der Waals surface area contributed by atoms with E-state index in [1.807, 2.05) is 0 Å². The van der Waals surface area contributed by atoms with Crippen molar-refractivity contribution in [2.45, 2.75) is 25.5 Å². The topological polar surface area (TPSA) is 64.3 Å². The maximum Gasteiger partial charge on any atom is 0.181 e. The largest absolute Gasteiger partial charge is 0.464 e. The second-order valence-electron chi connectivity index (χ2n) is 5.44. The van der Waals surface area contributed by atoms with Crippen LogP contribution in [0, 0.1) is 0 Å². The molecule has 0 saturated heterocycles. The number of ketones is 1. The van der Waals surface area contributed by atoms with Crippen LogP contribution in [0.4, 0.5) is 0 Å². The predicted molar refractivity (Wildman–Crippen MR) is 74.1 cm³/mol. The van der Waals surface area contributed by atoms with Gasteiger partial charge in [0.05, 0.1) is 10.3 Å². The molecule has 1 aromatic heterocycles. The van der Waals surface area contributed by atoms with E-state index in [1.54, 1.807) is 45.0 Å². The highest BCUT2D eigenvalue weighted by Crippen LogP contribution is 2.23. The van der Waals surface area contributed by atoms with E-state index < -0.39 is 26.1 Å². The van der Waals surface area contributed by atoms with Crippen molar-refractivity contribution in [1.82, 2.24) is 0 Å². The molecule has 102 valence electrons. The minimum Gasteiger partial charge on any atom is -0.464 e. The van der Waals surface area contributed by atoms with Crippen LogP contribution in [0.15, 0.2) is 34.9 Å². The first kappa shape index (κ1) is 13.8. The summed E-state index contributed by atoms with van der Waals surface area (Å²) in [4.78, 5) is 12.1. The van der Waals surface area contributed by atoms with Gasteiger partial charge in [0, 0.05) is 5.39 Å². The van der Waals surface area contributed by atoms with Gasteiger partial charge in [-0.2, -0.15) is 0 Å². The number of hydrogen-bond donors (Lipinski definition) is 0. The molecule has 0 spiro atoms. The normalized spacial score (nSPS) is 12.8. The fourth-order valence-corrected chi connectivity index (χ4v) is 2.59. The number of fused-ring (bicyclic) bond motifs is 1. The van der Waals surface area contributed by atoms with Gasteiger partial charge in [-0.3, -0.25) is 4.79 Å². The molecule has 0 amide bonds. The number of sulfone groups is 1. The number of hydrogen-bond acceptors (Lipinski definition) is 4. The van der Waals surface area contributed by atoms with Gasteiger partial charge < -0.3 is 4.42 Å². The zero-order valence-electron chi connectivity index (χ0n) is 11.1. The van der Waals surface area contributed by atoms with Crippen molar-refractivity contribution in [3.63, 3.8) is 0 Å². The Morgan fingerprint density at radius 2 is 1.84 bits per heavy atom. The zero-order chi connectivity index (χ0) is 14.3. The van der Waals surface area contributed by atoms with Crippen molar-refractivity contribution in [1.29, 1.82) is 0 Å². The molecule has 2 aromatic rings. The molecule has 2 rings (SSSR count). The van der Waals surface area contributed by atoms with Gasteiger partial charge in [0.1, 0.15) is 17.6 Å². The summed E-state index contributed by atoms with van der Waals surface area (Å²) in [5, 5.41) is 0.650. The molecule has 0 aliphatic rings. The minimum atomic E-state index is -3.48. The lowest BCUT2D eigenvalue weighted by molar-refractivity contribution is 0.102. The molecule has 0 unspecified atom stereocenters. The highest BCUT2D eigenvalue weighted by molar-refractivity contribution is 7.93. The summed E-state index contributed by atoms with van der Waals surface area (Å²) in [7, 11) is -3.48. The Kier molecular flexibility index (Phi) is 3.26. The molecule has 0 aliphatic heterocycles. The van der Waals surface area contributed by atoms with Gasteiger partial charge in [0.25, 0.3) is 0 Å². The molecule has 4 nitrogen and oxygen atoms in total. The molecule has 5 heteroatoms. The third-order valence-electron chi connectivity index (χ3n) is 3.04. The lowest BCUT2D eigenvalue weighted by Gasteiger charge is -2.18. The Morgan fingerprint density at radius 3 is 2.47 bits per heavy atom. The van der Waals surface area contributed by atoms with Crippen LogP contribution in [0.5, 0.6) is 0 Å². The monoisotopic (exact) mass is 280 g/mol. The van der Waals surface area contributed by atoms with E-state index >= 15 is 0 Å². The minimum absolute atomic E-state index is 0.323. The first-order valence-electron chi connectivity index (χ1n) is 5.94. The number of para-hydroxylation sites is 1.